The van der Waals surface area contributed by atoms with Crippen LogP contribution in [0.4, 0.5) is 10.1 Å². The van der Waals surface area contributed by atoms with Crippen LogP contribution in [0.3, 0.4) is 0 Å². The van der Waals surface area contributed by atoms with E-state index in [-0.39, 0.29) is 12.4 Å². The fraction of sp³-hybridized carbons (Fsp3) is 0.273. The molecule has 0 aromatic heterocycles. The molecule has 2 aromatic rings. The van der Waals surface area contributed by atoms with Crippen LogP contribution in [0.5, 0.6) is 11.5 Å². The van der Waals surface area contributed by atoms with Crippen molar-refractivity contribution in [3.8, 4) is 11.5 Å². The maximum atomic E-state index is 13.5. The standard InChI is InChI=1S/C22H21FN2O4S/c1-4-12-28-20(26)17-18-15-6-5-7-16(27-3)19(15)29-22(17,2)25(21(30)24-18)14-10-8-13(23)9-11-14/h4-11,17-18H,1,12H2,2-3H3,(H,24,30). The summed E-state index contributed by atoms with van der Waals surface area (Å²) in [6.07, 6.45) is 1.51. The Morgan fingerprint density at radius 1 is 1.37 bits per heavy atom. The number of carbonyl (C=O) groups is 1. The molecule has 6 nitrogen and oxygen atoms in total. The SMILES string of the molecule is C=CCOC(=O)C1C2NC(=S)N(c3ccc(F)cc3)C1(C)Oc1c(OC)cccc12. The monoisotopic (exact) mass is 428 g/mol. The van der Waals surface area contributed by atoms with E-state index < -0.39 is 23.7 Å². The van der Waals surface area contributed by atoms with Crippen LogP contribution >= 0.6 is 12.2 Å². The molecule has 0 amide bonds. The normalized spacial score (nSPS) is 24.2. The zero-order chi connectivity index (χ0) is 21.5. The fourth-order valence-corrected chi connectivity index (χ4v) is 4.51. The highest BCUT2D eigenvalue weighted by Crippen LogP contribution is 2.52. The number of benzene rings is 2. The molecule has 3 unspecified atom stereocenters. The first kappa shape index (κ1) is 20.2. The van der Waals surface area contributed by atoms with Crippen molar-refractivity contribution < 1.29 is 23.4 Å². The number of anilines is 1. The molecule has 2 heterocycles. The number of halogens is 1. The van der Waals surface area contributed by atoms with Crippen LogP contribution in [0.15, 0.2) is 55.1 Å². The van der Waals surface area contributed by atoms with E-state index in [1.165, 1.54) is 18.2 Å². The van der Waals surface area contributed by atoms with Gasteiger partial charge in [-0.1, -0.05) is 24.8 Å². The van der Waals surface area contributed by atoms with Crippen molar-refractivity contribution in [3.05, 3.63) is 66.5 Å². The third-order valence-electron chi connectivity index (χ3n) is 5.39. The zero-order valence-electron chi connectivity index (χ0n) is 16.6. The lowest BCUT2D eigenvalue weighted by molar-refractivity contribution is -0.159. The minimum absolute atomic E-state index is 0.0735. The van der Waals surface area contributed by atoms with Crippen LogP contribution in [-0.2, 0) is 9.53 Å². The van der Waals surface area contributed by atoms with E-state index in [1.54, 1.807) is 37.1 Å². The zero-order valence-corrected chi connectivity index (χ0v) is 17.4. The van der Waals surface area contributed by atoms with E-state index in [4.69, 9.17) is 26.4 Å². The predicted octanol–water partition coefficient (Wildman–Crippen LogP) is 3.72. The third kappa shape index (κ3) is 3.08. The number of nitrogens with zero attached hydrogens (tertiary/aromatic N) is 1. The van der Waals surface area contributed by atoms with E-state index >= 15 is 0 Å². The van der Waals surface area contributed by atoms with Gasteiger partial charge in [-0.3, -0.25) is 9.69 Å². The molecule has 2 aromatic carbocycles. The molecular weight excluding hydrogens is 407 g/mol. The molecular formula is C22H21FN2O4S. The van der Waals surface area contributed by atoms with E-state index in [9.17, 15) is 9.18 Å². The first-order chi connectivity index (χ1) is 14.4. The summed E-state index contributed by atoms with van der Waals surface area (Å²) in [7, 11) is 1.55. The average Bonchev–Trinajstić information content (AvgIpc) is 2.72. The van der Waals surface area contributed by atoms with Crippen LogP contribution in [0.2, 0.25) is 0 Å². The highest BCUT2D eigenvalue weighted by molar-refractivity contribution is 7.80. The number of ether oxygens (including phenoxy) is 3. The number of hydrogen-bond acceptors (Lipinski definition) is 5. The number of esters is 1. The molecule has 1 N–H and O–H groups in total. The lowest BCUT2D eigenvalue weighted by Gasteiger charge is -2.55. The van der Waals surface area contributed by atoms with Gasteiger partial charge in [-0.25, -0.2) is 4.39 Å². The Kier molecular flexibility index (Phi) is 5.11. The maximum Gasteiger partial charge on any atom is 0.317 e. The van der Waals surface area contributed by atoms with E-state index in [2.05, 4.69) is 11.9 Å². The summed E-state index contributed by atoms with van der Waals surface area (Å²) < 4.78 is 30.9. The fourth-order valence-electron chi connectivity index (χ4n) is 4.10. The maximum absolute atomic E-state index is 13.5. The van der Waals surface area contributed by atoms with Gasteiger partial charge in [0.05, 0.1) is 13.2 Å². The van der Waals surface area contributed by atoms with Crippen molar-refractivity contribution in [3.63, 3.8) is 0 Å². The van der Waals surface area contributed by atoms with Gasteiger partial charge >= 0.3 is 5.97 Å². The first-order valence-electron chi connectivity index (χ1n) is 9.40. The molecule has 2 bridgehead atoms. The van der Waals surface area contributed by atoms with Gasteiger partial charge in [-0.15, -0.1) is 0 Å². The molecule has 1 fully saturated rings. The second kappa shape index (κ2) is 7.60. The second-order valence-corrected chi connectivity index (χ2v) is 7.56. The number of nitrogens with one attached hydrogen (secondary N) is 1. The van der Waals surface area contributed by atoms with Gasteiger partial charge in [-0.2, -0.15) is 0 Å². The number of rotatable bonds is 5. The summed E-state index contributed by atoms with van der Waals surface area (Å²) in [6, 6.07) is 10.8. The van der Waals surface area contributed by atoms with Crippen LogP contribution in [0, 0.1) is 11.7 Å². The topological polar surface area (TPSA) is 60.0 Å². The Bertz CT molecular complexity index is 1010. The summed E-state index contributed by atoms with van der Waals surface area (Å²) >= 11 is 5.63. The number of fused-ring (bicyclic) bond motifs is 4. The molecule has 2 aliphatic rings. The number of hydrogen-bond donors (Lipinski definition) is 1. The van der Waals surface area contributed by atoms with Crippen LogP contribution in [0.1, 0.15) is 18.5 Å². The van der Waals surface area contributed by atoms with Gasteiger partial charge in [0.15, 0.2) is 16.6 Å². The van der Waals surface area contributed by atoms with Gasteiger partial charge in [0.2, 0.25) is 5.72 Å². The third-order valence-corrected chi connectivity index (χ3v) is 5.69. The van der Waals surface area contributed by atoms with Crippen LogP contribution in [-0.4, -0.2) is 30.5 Å². The Morgan fingerprint density at radius 2 is 2.10 bits per heavy atom. The smallest absolute Gasteiger partial charge is 0.317 e. The van der Waals surface area contributed by atoms with Gasteiger partial charge in [0, 0.05) is 11.3 Å². The molecule has 1 saturated heterocycles. The quantitative estimate of drug-likeness (QED) is 0.442. The van der Waals surface area contributed by atoms with Gasteiger partial charge < -0.3 is 19.5 Å². The Morgan fingerprint density at radius 3 is 2.77 bits per heavy atom. The molecule has 2 aliphatic heterocycles. The molecule has 8 heteroatoms. The average molecular weight is 428 g/mol. The Labute approximate surface area is 179 Å². The van der Waals surface area contributed by atoms with Crippen molar-refractivity contribution in [1.82, 2.24) is 5.32 Å². The van der Waals surface area contributed by atoms with Gasteiger partial charge in [0.25, 0.3) is 0 Å². The highest BCUT2D eigenvalue weighted by atomic mass is 32.1. The van der Waals surface area contributed by atoms with E-state index in [1.807, 2.05) is 12.1 Å². The molecule has 156 valence electrons. The summed E-state index contributed by atoms with van der Waals surface area (Å²) in [6.45, 7) is 5.44. The van der Waals surface area contributed by atoms with E-state index in [0.717, 1.165) is 5.56 Å². The lowest BCUT2D eigenvalue weighted by Crippen LogP contribution is -2.71. The molecule has 3 atom stereocenters. The largest absolute Gasteiger partial charge is 0.493 e. The molecule has 0 saturated carbocycles. The lowest BCUT2D eigenvalue weighted by atomic mass is 9.79. The van der Waals surface area contributed by atoms with Gasteiger partial charge in [0.1, 0.15) is 18.3 Å². The molecule has 4 rings (SSSR count). The van der Waals surface area contributed by atoms with Crippen LogP contribution < -0.4 is 19.7 Å². The number of para-hydroxylation sites is 1. The summed E-state index contributed by atoms with van der Waals surface area (Å²) in [5.41, 5.74) is 0.0771. The predicted molar refractivity (Wildman–Crippen MR) is 114 cm³/mol. The summed E-state index contributed by atoms with van der Waals surface area (Å²) in [5.74, 6) is -0.555. The minimum Gasteiger partial charge on any atom is -0.493 e. The number of methoxy groups -OCH3 is 1. The Hall–Kier alpha value is -3.13. The molecule has 0 spiro atoms. The van der Waals surface area contributed by atoms with Crippen molar-refractivity contribution in [2.24, 2.45) is 5.92 Å². The number of carbonyl (C=O) groups excluding carboxylic acids is 1. The van der Waals surface area contributed by atoms with Crippen molar-refractivity contribution in [1.29, 1.82) is 0 Å². The summed E-state index contributed by atoms with van der Waals surface area (Å²) in [5, 5.41) is 3.61. The molecule has 0 radical (unpaired) electrons. The van der Waals surface area contributed by atoms with Crippen LogP contribution in [0.25, 0.3) is 0 Å². The highest BCUT2D eigenvalue weighted by Gasteiger charge is 2.60. The number of thiocarbonyl (C=S) groups is 1. The van der Waals surface area contributed by atoms with E-state index in [0.29, 0.717) is 22.3 Å². The molecule has 30 heavy (non-hydrogen) atoms. The van der Waals surface area contributed by atoms with Crippen molar-refractivity contribution >= 4 is 29.0 Å². The first-order valence-corrected chi connectivity index (χ1v) is 9.81. The summed E-state index contributed by atoms with van der Waals surface area (Å²) in [4.78, 5) is 14.8. The van der Waals surface area contributed by atoms with Gasteiger partial charge in [-0.05, 0) is 49.5 Å². The Balaban J connectivity index is 1.89. The minimum atomic E-state index is -1.25. The second-order valence-electron chi connectivity index (χ2n) is 7.17. The van der Waals surface area contributed by atoms with Crippen molar-refractivity contribution in [2.45, 2.75) is 18.7 Å². The van der Waals surface area contributed by atoms with Crippen molar-refractivity contribution in [2.75, 3.05) is 18.6 Å². The molecule has 0 aliphatic carbocycles.